The average Bonchev–Trinajstić information content (AvgIpc) is 3.21. The van der Waals surface area contributed by atoms with Gasteiger partial charge in [-0.2, -0.15) is 0 Å². The van der Waals surface area contributed by atoms with Crippen LogP contribution in [0.1, 0.15) is 254 Å². The van der Waals surface area contributed by atoms with Crippen LogP contribution in [0.25, 0.3) is 0 Å². The van der Waals surface area contributed by atoms with Gasteiger partial charge in [-0.05, 0) is 111 Å². The van der Waals surface area contributed by atoms with Gasteiger partial charge in [0, 0.05) is 42.0 Å². The van der Waals surface area contributed by atoms with Crippen molar-refractivity contribution in [2.75, 3.05) is 0 Å². The van der Waals surface area contributed by atoms with Crippen molar-refractivity contribution in [2.45, 2.75) is 198 Å². The van der Waals surface area contributed by atoms with Crippen LogP contribution in [-0.2, 0) is 0 Å². The highest BCUT2D eigenvalue weighted by Gasteiger charge is 2.15. The molecule has 3 heterocycles. The molecule has 7 heteroatoms. The minimum atomic E-state index is -0.427. The lowest BCUT2D eigenvalue weighted by atomic mass is 9.96. The Hall–Kier alpha value is -4.39. The first-order valence-corrected chi connectivity index (χ1v) is 23.3. The third kappa shape index (κ3) is 19.9. The van der Waals surface area contributed by atoms with Crippen molar-refractivity contribution in [2.24, 2.45) is 0 Å². The highest BCUT2D eigenvalue weighted by atomic mass is 19.1. The first kappa shape index (κ1) is 56.6. The molecule has 0 spiro atoms. The van der Waals surface area contributed by atoms with Crippen LogP contribution in [0.15, 0.2) is 79.4 Å². The van der Waals surface area contributed by atoms with Gasteiger partial charge in [0.15, 0.2) is 0 Å². The van der Waals surface area contributed by atoms with Crippen LogP contribution in [0.2, 0.25) is 0 Å². The summed E-state index contributed by atoms with van der Waals surface area (Å²) in [6.07, 6.45) is 7.60. The molecular weight excluding hydrogens is 786 g/mol. The Morgan fingerprint density at radius 1 is 0.302 bits per heavy atom. The van der Waals surface area contributed by atoms with Gasteiger partial charge in [0.05, 0.1) is 5.69 Å². The van der Waals surface area contributed by atoms with E-state index in [0.717, 1.165) is 11.4 Å². The van der Waals surface area contributed by atoms with E-state index < -0.39 is 11.6 Å². The minimum Gasteiger partial charge on any atom is -0.261 e. The fourth-order valence-corrected chi connectivity index (χ4v) is 6.00. The molecule has 2 aromatic carbocycles. The lowest BCUT2D eigenvalue weighted by molar-refractivity contribution is 0.536. The summed E-state index contributed by atoms with van der Waals surface area (Å²) in [6, 6.07) is 17.7. The summed E-state index contributed by atoms with van der Waals surface area (Å²) in [6.45, 7) is 41.5. The third-order valence-corrected chi connectivity index (χ3v) is 10.7. The zero-order chi connectivity index (χ0) is 48.3. The van der Waals surface area contributed by atoms with Crippen molar-refractivity contribution in [1.82, 2.24) is 19.9 Å². The molecule has 0 amide bonds. The third-order valence-electron chi connectivity index (χ3n) is 10.7. The van der Waals surface area contributed by atoms with E-state index in [1.807, 2.05) is 60.1 Å². The van der Waals surface area contributed by atoms with E-state index in [-0.39, 0.29) is 29.1 Å². The fraction of sp³-hybridized carbons (Fsp3) is 0.536. The first-order chi connectivity index (χ1) is 29.3. The quantitative estimate of drug-likeness (QED) is 0.140. The fourth-order valence-electron chi connectivity index (χ4n) is 6.00. The van der Waals surface area contributed by atoms with Crippen LogP contribution in [0.3, 0.4) is 0 Å². The molecule has 5 aromatic rings. The van der Waals surface area contributed by atoms with Gasteiger partial charge < -0.3 is 0 Å². The van der Waals surface area contributed by atoms with E-state index in [1.165, 1.54) is 40.1 Å². The molecule has 0 saturated heterocycles. The molecule has 5 rings (SSSR count). The number of hydrogen-bond acceptors (Lipinski definition) is 4. The maximum atomic E-state index is 13.5. The van der Waals surface area contributed by atoms with Crippen LogP contribution in [0, 0.1) is 17.5 Å². The van der Waals surface area contributed by atoms with Gasteiger partial charge in [-0.1, -0.05) is 169 Å². The van der Waals surface area contributed by atoms with Crippen molar-refractivity contribution in [1.29, 1.82) is 0 Å². The zero-order valence-corrected chi connectivity index (χ0v) is 42.7. The van der Waals surface area contributed by atoms with E-state index in [4.69, 9.17) is 0 Å². The topological polar surface area (TPSA) is 51.6 Å². The molecule has 4 nitrogen and oxygen atoms in total. The molecule has 0 bridgehead atoms. The Morgan fingerprint density at radius 3 is 0.968 bits per heavy atom. The summed E-state index contributed by atoms with van der Waals surface area (Å²) >= 11 is 0. The maximum Gasteiger partial charge on any atom is 0.145 e. The molecule has 0 saturated carbocycles. The number of pyridine rings is 2. The molecule has 0 fully saturated rings. The molecule has 0 radical (unpaired) electrons. The van der Waals surface area contributed by atoms with Gasteiger partial charge in [-0.25, -0.2) is 23.1 Å². The predicted molar refractivity (Wildman–Crippen MR) is 264 cm³/mol. The van der Waals surface area contributed by atoms with Crippen LogP contribution < -0.4 is 0 Å². The first-order valence-electron chi connectivity index (χ1n) is 23.3. The second-order valence-corrected chi connectivity index (χ2v) is 19.6. The number of hydrogen-bond donors (Lipinski definition) is 0. The molecule has 0 atom stereocenters. The summed E-state index contributed by atoms with van der Waals surface area (Å²) in [5, 5.41) is 0. The molecule has 0 N–H and O–H groups in total. The molecule has 348 valence electrons. The van der Waals surface area contributed by atoms with Gasteiger partial charge in [-0.3, -0.25) is 9.97 Å². The Balaban J connectivity index is 0.000000394. The van der Waals surface area contributed by atoms with Crippen molar-refractivity contribution in [3.63, 3.8) is 0 Å². The van der Waals surface area contributed by atoms with Gasteiger partial charge in [-0.15, -0.1) is 0 Å². The van der Waals surface area contributed by atoms with Crippen LogP contribution in [0.4, 0.5) is 13.2 Å². The van der Waals surface area contributed by atoms with Gasteiger partial charge in [0.2, 0.25) is 0 Å². The van der Waals surface area contributed by atoms with Crippen LogP contribution in [0.5, 0.6) is 0 Å². The normalized spacial score (nSPS) is 11.3. The molecule has 3 aromatic heterocycles. The summed E-state index contributed by atoms with van der Waals surface area (Å²) in [5.41, 5.74) is 8.99. The van der Waals surface area contributed by atoms with Crippen molar-refractivity contribution < 1.29 is 13.2 Å². The second kappa shape index (κ2) is 27.7. The summed E-state index contributed by atoms with van der Waals surface area (Å²) in [4.78, 5) is 17.1. The van der Waals surface area contributed by atoms with Crippen molar-refractivity contribution in [3.05, 3.63) is 153 Å². The maximum absolute atomic E-state index is 13.5. The van der Waals surface area contributed by atoms with Crippen LogP contribution in [-0.4, -0.2) is 19.9 Å². The summed E-state index contributed by atoms with van der Waals surface area (Å²) in [5.74, 6) is 3.77. The Labute approximate surface area is 382 Å². The molecule has 0 aliphatic carbocycles. The van der Waals surface area contributed by atoms with Gasteiger partial charge >= 0.3 is 0 Å². The number of aromatic nitrogens is 4. The zero-order valence-electron chi connectivity index (χ0n) is 42.7. The highest BCUT2D eigenvalue weighted by molar-refractivity contribution is 5.30. The smallest absolute Gasteiger partial charge is 0.145 e. The highest BCUT2D eigenvalue weighted by Crippen LogP contribution is 2.27. The van der Waals surface area contributed by atoms with E-state index in [0.29, 0.717) is 52.7 Å². The number of nitrogens with zero attached hydrogens (tertiary/aromatic N) is 4. The summed E-state index contributed by atoms with van der Waals surface area (Å²) < 4.78 is 40.4. The number of halogens is 3. The van der Waals surface area contributed by atoms with Crippen LogP contribution >= 0.6 is 0 Å². The minimum absolute atomic E-state index is 0.115. The molecule has 63 heavy (non-hydrogen) atoms. The largest absolute Gasteiger partial charge is 0.261 e. The molecule has 0 unspecified atom stereocenters. The Morgan fingerprint density at radius 2 is 0.667 bits per heavy atom. The standard InChI is InChI=1S/C12H16F2.C12H18.C11H16FN.C11H17N.C10H16N2/c1-7(2)9-5-10(13)12(8(3)4)11(14)6-9;1-9(2)11-5-7-12(8-6-11)10(3)4;1-7(2)9-5-10(12)11(8(3)4)13-6-9;1-8(2)10-5-6-11(9(3)4)12-7-10;1-7(2)9-5-11-10(8(3)4)12-6-9/h5-8H,1-4H3;5-10H,1-4H3;5-8H,1-4H3;5-9H,1-4H3;5-8H,1-4H3. The van der Waals surface area contributed by atoms with E-state index >= 15 is 0 Å². The van der Waals surface area contributed by atoms with E-state index in [9.17, 15) is 13.2 Å². The molecule has 0 aliphatic heterocycles. The lowest BCUT2D eigenvalue weighted by Crippen LogP contribution is -2.01. The number of benzene rings is 2. The van der Waals surface area contributed by atoms with Crippen molar-refractivity contribution >= 4 is 0 Å². The lowest BCUT2D eigenvalue weighted by Gasteiger charge is -2.12. The van der Waals surface area contributed by atoms with Crippen molar-refractivity contribution in [3.8, 4) is 0 Å². The summed E-state index contributed by atoms with van der Waals surface area (Å²) in [7, 11) is 0. The molecule has 0 aliphatic rings. The number of rotatable bonds is 10. The van der Waals surface area contributed by atoms with E-state index in [1.54, 1.807) is 26.1 Å². The van der Waals surface area contributed by atoms with Gasteiger partial charge in [0.1, 0.15) is 23.3 Å². The monoisotopic (exact) mass is 869 g/mol. The average molecular weight is 869 g/mol. The Kier molecular flexibility index (Phi) is 24.9. The predicted octanol–water partition coefficient (Wildman–Crippen LogP) is 17.7. The SMILES string of the molecule is CC(C)c1cc(F)c(C(C)C)c(F)c1.CC(C)c1ccc(C(C)C)cc1.CC(C)c1ccc(C(C)C)nc1.CC(C)c1cnc(C(C)C)c(F)c1.CC(C)c1cnc(C(C)C)nc1. The van der Waals surface area contributed by atoms with E-state index in [2.05, 4.69) is 139 Å². The van der Waals surface area contributed by atoms with Gasteiger partial charge in [0.25, 0.3) is 0 Å². The molecular formula is C56H83F3N4. The second-order valence-electron chi connectivity index (χ2n) is 19.6. The Bertz CT molecular complexity index is 1770.